The highest BCUT2D eigenvalue weighted by atomic mass is 19.1. The first-order valence-corrected chi connectivity index (χ1v) is 5.78. The molecule has 0 bridgehead atoms. The number of rotatable bonds is 7. The van der Waals surface area contributed by atoms with E-state index in [1.165, 1.54) is 12.1 Å². The Bertz CT molecular complexity index is 410. The number of nitro benzene ring substituents is 1. The number of nitrogens with zero attached hydrogens (tertiary/aromatic N) is 2. The quantitative estimate of drug-likeness (QED) is 0.458. The highest BCUT2D eigenvalue weighted by Crippen LogP contribution is 2.16. The van der Waals surface area contributed by atoms with Crippen molar-refractivity contribution in [2.24, 2.45) is 0 Å². The molecule has 1 aromatic rings. The molecule has 0 saturated heterocycles. The molecule has 5 nitrogen and oxygen atoms in total. The van der Waals surface area contributed by atoms with Gasteiger partial charge >= 0.3 is 0 Å². The van der Waals surface area contributed by atoms with E-state index in [4.69, 9.17) is 0 Å². The molecule has 0 heterocycles. The zero-order valence-corrected chi connectivity index (χ0v) is 10.6. The minimum absolute atomic E-state index is 0.208. The molecule has 0 unspecified atom stereocenters. The van der Waals surface area contributed by atoms with Crippen molar-refractivity contribution in [1.82, 2.24) is 10.2 Å². The molecular formula is C12H18FN3O2. The van der Waals surface area contributed by atoms with Gasteiger partial charge in [-0.2, -0.15) is 0 Å². The predicted octanol–water partition coefficient (Wildman–Crippen LogP) is 1.78. The summed E-state index contributed by atoms with van der Waals surface area (Å²) < 4.78 is 13.1. The average molecular weight is 255 g/mol. The first-order valence-electron chi connectivity index (χ1n) is 5.78. The Kier molecular flexibility index (Phi) is 5.67. The molecule has 100 valence electrons. The smallest absolute Gasteiger partial charge is 0.272 e. The largest absolute Gasteiger partial charge is 0.313 e. The first-order chi connectivity index (χ1) is 8.49. The normalized spacial score (nSPS) is 10.9. The molecule has 6 heteroatoms. The minimum atomic E-state index is -0.585. The van der Waals surface area contributed by atoms with E-state index in [1.807, 2.05) is 14.1 Å². The van der Waals surface area contributed by atoms with Crippen LogP contribution in [0.4, 0.5) is 10.1 Å². The van der Waals surface area contributed by atoms with Gasteiger partial charge < -0.3 is 10.2 Å². The summed E-state index contributed by atoms with van der Waals surface area (Å²) >= 11 is 0. The van der Waals surface area contributed by atoms with Crippen molar-refractivity contribution < 1.29 is 9.31 Å². The van der Waals surface area contributed by atoms with Gasteiger partial charge in [0.05, 0.1) is 11.0 Å². The monoisotopic (exact) mass is 255 g/mol. The van der Waals surface area contributed by atoms with Crippen LogP contribution < -0.4 is 5.32 Å². The van der Waals surface area contributed by atoms with Crippen molar-refractivity contribution >= 4 is 5.69 Å². The van der Waals surface area contributed by atoms with E-state index in [9.17, 15) is 14.5 Å². The van der Waals surface area contributed by atoms with Gasteiger partial charge in [-0.25, -0.2) is 4.39 Å². The maximum absolute atomic E-state index is 13.1. The molecule has 0 atom stereocenters. The lowest BCUT2D eigenvalue weighted by molar-refractivity contribution is -0.385. The zero-order valence-electron chi connectivity index (χ0n) is 10.6. The molecule has 0 saturated carbocycles. The molecule has 1 aromatic carbocycles. The van der Waals surface area contributed by atoms with Crippen LogP contribution in [0, 0.1) is 15.9 Å². The maximum Gasteiger partial charge on any atom is 0.272 e. The molecular weight excluding hydrogens is 237 g/mol. The molecule has 18 heavy (non-hydrogen) atoms. The van der Waals surface area contributed by atoms with E-state index < -0.39 is 10.7 Å². The number of nitro groups is 1. The van der Waals surface area contributed by atoms with Crippen LogP contribution in [-0.4, -0.2) is 37.0 Å². The minimum Gasteiger partial charge on any atom is -0.313 e. The summed E-state index contributed by atoms with van der Waals surface area (Å²) in [6.07, 6.45) is 0.977. The van der Waals surface area contributed by atoms with Crippen molar-refractivity contribution in [1.29, 1.82) is 0 Å². The standard InChI is InChI=1S/C12H18FN3O2/c1-15(2)5-3-4-14-9-10-6-11(13)8-12(7-10)16(17)18/h6-8,14H,3-5,9H2,1-2H3. The lowest BCUT2D eigenvalue weighted by Crippen LogP contribution is -2.21. The van der Waals surface area contributed by atoms with Crippen molar-refractivity contribution in [3.8, 4) is 0 Å². The summed E-state index contributed by atoms with van der Waals surface area (Å²) in [5.74, 6) is -0.575. The Hall–Kier alpha value is -1.53. The molecule has 0 aromatic heterocycles. The van der Waals surface area contributed by atoms with Gasteiger partial charge in [-0.1, -0.05) is 0 Å². The Morgan fingerprint density at radius 2 is 2.11 bits per heavy atom. The van der Waals surface area contributed by atoms with Crippen molar-refractivity contribution in [3.63, 3.8) is 0 Å². The van der Waals surface area contributed by atoms with E-state index in [0.29, 0.717) is 12.1 Å². The lowest BCUT2D eigenvalue weighted by atomic mass is 10.2. The summed E-state index contributed by atoms with van der Waals surface area (Å²) in [5.41, 5.74) is 0.381. The van der Waals surface area contributed by atoms with Gasteiger partial charge in [0.1, 0.15) is 5.82 Å². The third-order valence-corrected chi connectivity index (χ3v) is 2.44. The Morgan fingerprint density at radius 3 is 2.72 bits per heavy atom. The Labute approximate surface area is 106 Å². The number of hydrogen-bond donors (Lipinski definition) is 1. The topological polar surface area (TPSA) is 58.4 Å². The van der Waals surface area contributed by atoms with Gasteiger partial charge in [0, 0.05) is 12.6 Å². The second-order valence-electron chi connectivity index (χ2n) is 4.41. The lowest BCUT2D eigenvalue weighted by Gasteiger charge is -2.09. The fourth-order valence-corrected chi connectivity index (χ4v) is 1.59. The SMILES string of the molecule is CN(C)CCCNCc1cc(F)cc([N+](=O)[O-])c1. The molecule has 1 rings (SSSR count). The van der Waals surface area contributed by atoms with Crippen LogP contribution in [0.15, 0.2) is 18.2 Å². The molecule has 1 N–H and O–H groups in total. The van der Waals surface area contributed by atoms with Gasteiger partial charge in [0.25, 0.3) is 5.69 Å². The second kappa shape index (κ2) is 7.03. The summed E-state index contributed by atoms with van der Waals surface area (Å²) in [7, 11) is 3.99. The third-order valence-electron chi connectivity index (χ3n) is 2.44. The Morgan fingerprint density at radius 1 is 1.39 bits per heavy atom. The van der Waals surface area contributed by atoms with Crippen LogP contribution in [-0.2, 0) is 6.54 Å². The van der Waals surface area contributed by atoms with Crippen molar-refractivity contribution in [2.45, 2.75) is 13.0 Å². The van der Waals surface area contributed by atoms with Gasteiger partial charge in [-0.15, -0.1) is 0 Å². The van der Waals surface area contributed by atoms with E-state index >= 15 is 0 Å². The first kappa shape index (κ1) is 14.5. The fraction of sp³-hybridized carbons (Fsp3) is 0.500. The summed E-state index contributed by atoms with van der Waals surface area (Å²) in [4.78, 5) is 12.1. The van der Waals surface area contributed by atoms with Crippen LogP contribution in [0.2, 0.25) is 0 Å². The zero-order chi connectivity index (χ0) is 13.5. The second-order valence-corrected chi connectivity index (χ2v) is 4.41. The Balaban J connectivity index is 2.44. The van der Waals surface area contributed by atoms with Crippen molar-refractivity contribution in [2.75, 3.05) is 27.2 Å². The molecule has 0 aliphatic heterocycles. The van der Waals surface area contributed by atoms with Gasteiger partial charge in [0.15, 0.2) is 0 Å². The van der Waals surface area contributed by atoms with Crippen LogP contribution in [0.1, 0.15) is 12.0 Å². The highest BCUT2D eigenvalue weighted by Gasteiger charge is 2.09. The number of hydrogen-bond acceptors (Lipinski definition) is 4. The summed E-state index contributed by atoms with van der Waals surface area (Å²) in [6, 6.07) is 3.63. The van der Waals surface area contributed by atoms with E-state index in [1.54, 1.807) is 0 Å². The number of non-ortho nitro benzene ring substituents is 1. The summed E-state index contributed by atoms with van der Waals surface area (Å²) in [6.45, 7) is 2.20. The number of benzene rings is 1. The number of nitrogens with one attached hydrogen (secondary N) is 1. The van der Waals surface area contributed by atoms with Crippen molar-refractivity contribution in [3.05, 3.63) is 39.7 Å². The molecule has 0 radical (unpaired) electrons. The highest BCUT2D eigenvalue weighted by molar-refractivity contribution is 5.35. The molecule has 0 aliphatic carbocycles. The van der Waals surface area contributed by atoms with E-state index in [2.05, 4.69) is 10.2 Å². The molecule has 0 amide bonds. The molecule has 0 fully saturated rings. The van der Waals surface area contributed by atoms with Gasteiger partial charge in [0.2, 0.25) is 0 Å². The fourth-order valence-electron chi connectivity index (χ4n) is 1.59. The average Bonchev–Trinajstić information content (AvgIpc) is 2.27. The van der Waals surface area contributed by atoms with E-state index in [-0.39, 0.29) is 5.69 Å². The van der Waals surface area contributed by atoms with E-state index in [0.717, 1.165) is 25.6 Å². The number of halogens is 1. The summed E-state index contributed by atoms with van der Waals surface area (Å²) in [5, 5.41) is 13.7. The molecule has 0 spiro atoms. The van der Waals surface area contributed by atoms with Crippen LogP contribution in [0.5, 0.6) is 0 Å². The van der Waals surface area contributed by atoms with Gasteiger partial charge in [-0.05, 0) is 45.2 Å². The molecule has 0 aliphatic rings. The van der Waals surface area contributed by atoms with Crippen LogP contribution >= 0.6 is 0 Å². The van der Waals surface area contributed by atoms with Crippen LogP contribution in [0.25, 0.3) is 0 Å². The van der Waals surface area contributed by atoms with Gasteiger partial charge in [-0.3, -0.25) is 10.1 Å². The van der Waals surface area contributed by atoms with Crippen LogP contribution in [0.3, 0.4) is 0 Å². The predicted molar refractivity (Wildman–Crippen MR) is 67.9 cm³/mol. The third kappa shape index (κ3) is 5.20. The maximum atomic E-state index is 13.1.